The highest BCUT2D eigenvalue weighted by Crippen LogP contribution is 2.53. The Kier molecular flexibility index (Phi) is 5.19. The number of rotatable bonds is 4. The van der Waals surface area contributed by atoms with Crippen LogP contribution in [0.25, 0.3) is 0 Å². The summed E-state index contributed by atoms with van der Waals surface area (Å²) in [6, 6.07) is 5.89. The zero-order valence-electron chi connectivity index (χ0n) is 13.5. The van der Waals surface area contributed by atoms with E-state index in [2.05, 4.69) is 18.1 Å². The van der Waals surface area contributed by atoms with E-state index >= 15 is 0 Å². The molecule has 2 fully saturated rings. The van der Waals surface area contributed by atoms with Gasteiger partial charge in [-0.1, -0.05) is 41.3 Å². The summed E-state index contributed by atoms with van der Waals surface area (Å²) in [6.07, 6.45) is 3.60. The summed E-state index contributed by atoms with van der Waals surface area (Å²) in [5.74, 6) is 1.33. The molecule has 2 aliphatic rings. The first-order valence-electron chi connectivity index (χ1n) is 8.28. The lowest BCUT2D eigenvalue weighted by molar-refractivity contribution is 0.106. The Bertz CT molecular complexity index is 605. The van der Waals surface area contributed by atoms with Crippen LogP contribution in [-0.2, 0) is 4.84 Å². The summed E-state index contributed by atoms with van der Waals surface area (Å²) in [5, 5.41) is 15.9. The number of fused-ring (bicyclic) bond motifs is 2. The normalized spacial score (nSPS) is 33.8. The molecule has 0 radical (unpaired) electrons. The van der Waals surface area contributed by atoms with Gasteiger partial charge in [0.25, 0.3) is 0 Å². The molecule has 2 bridgehead atoms. The van der Waals surface area contributed by atoms with Crippen LogP contribution in [0.2, 0.25) is 10.0 Å². The maximum atomic E-state index is 10.5. The Morgan fingerprint density at radius 1 is 1.26 bits per heavy atom. The van der Waals surface area contributed by atoms with Gasteiger partial charge in [-0.05, 0) is 61.1 Å². The van der Waals surface area contributed by atoms with E-state index in [1.807, 2.05) is 12.1 Å². The van der Waals surface area contributed by atoms with E-state index in [9.17, 15) is 5.11 Å². The van der Waals surface area contributed by atoms with Gasteiger partial charge in [0.1, 0.15) is 7.11 Å². The maximum Gasteiger partial charge on any atom is 0.106 e. The lowest BCUT2D eigenvalue weighted by Gasteiger charge is -2.38. The molecule has 2 unspecified atom stereocenters. The van der Waals surface area contributed by atoms with Gasteiger partial charge in [-0.3, -0.25) is 0 Å². The Hall–Kier alpha value is -0.770. The number of benzene rings is 1. The van der Waals surface area contributed by atoms with Crippen LogP contribution in [0.4, 0.5) is 0 Å². The van der Waals surface area contributed by atoms with Crippen LogP contribution < -0.4 is 0 Å². The monoisotopic (exact) mass is 355 g/mol. The highest BCUT2D eigenvalue weighted by Gasteiger charge is 2.48. The topological polar surface area (TPSA) is 41.8 Å². The van der Waals surface area contributed by atoms with Crippen molar-refractivity contribution in [2.75, 3.05) is 7.11 Å². The molecule has 2 saturated carbocycles. The molecule has 0 aromatic heterocycles. The molecule has 0 spiro atoms. The van der Waals surface area contributed by atoms with E-state index in [0.29, 0.717) is 21.9 Å². The second-order valence-corrected chi connectivity index (χ2v) is 7.54. The van der Waals surface area contributed by atoms with Crippen LogP contribution in [0.5, 0.6) is 0 Å². The fraction of sp³-hybridized carbons (Fsp3) is 0.611. The third-order valence-electron chi connectivity index (χ3n) is 5.48. The van der Waals surface area contributed by atoms with Crippen LogP contribution >= 0.6 is 23.2 Å². The zero-order chi connectivity index (χ0) is 16.6. The summed E-state index contributed by atoms with van der Waals surface area (Å²) in [4.78, 5) is 5.08. The maximum absolute atomic E-state index is 10.5. The summed E-state index contributed by atoms with van der Waals surface area (Å²) < 4.78 is 0. The number of nitrogens with zero attached hydrogens (tertiary/aromatic N) is 1. The second kappa shape index (κ2) is 7.00. The van der Waals surface area contributed by atoms with E-state index in [-0.39, 0.29) is 17.9 Å². The number of aliphatic hydroxyl groups excluding tert-OH is 1. The predicted octanol–water partition coefficient (Wildman–Crippen LogP) is 4.90. The summed E-state index contributed by atoms with van der Waals surface area (Å²) >= 11 is 12.3. The second-order valence-electron chi connectivity index (χ2n) is 6.73. The van der Waals surface area contributed by atoms with E-state index in [1.54, 1.807) is 7.11 Å². The minimum absolute atomic E-state index is 0.200. The minimum atomic E-state index is -0.244. The van der Waals surface area contributed by atoms with E-state index in [4.69, 9.17) is 28.0 Å². The van der Waals surface area contributed by atoms with Crippen molar-refractivity contribution in [3.05, 3.63) is 33.8 Å². The number of hydrogen-bond acceptors (Lipinski definition) is 3. The molecule has 23 heavy (non-hydrogen) atoms. The van der Waals surface area contributed by atoms with Crippen LogP contribution in [0, 0.1) is 17.8 Å². The first kappa shape index (κ1) is 17.1. The molecule has 5 heteroatoms. The fourth-order valence-corrected chi connectivity index (χ4v) is 4.89. The molecular weight excluding hydrogens is 333 g/mol. The van der Waals surface area contributed by atoms with Crippen LogP contribution in [0.15, 0.2) is 23.4 Å². The standard InChI is InChI=1S/C18H23Cl2NO2/c1-3-16(21-23-2)18-12(6-10-7-13(18)17(22)8-10)11-4-5-14(19)15(20)9-11/h4-5,9-10,12-13,17-18,22H,3,6-8H2,1-2H3/t10?,12-,13+,17?,18-/m0/s1. The third kappa shape index (κ3) is 3.24. The summed E-state index contributed by atoms with van der Waals surface area (Å²) in [6.45, 7) is 2.09. The van der Waals surface area contributed by atoms with Crippen LogP contribution in [0.3, 0.4) is 0 Å². The number of oxime groups is 1. The molecule has 0 saturated heterocycles. The van der Waals surface area contributed by atoms with Crippen molar-refractivity contribution in [2.24, 2.45) is 22.9 Å². The van der Waals surface area contributed by atoms with E-state index < -0.39 is 0 Å². The number of hydrogen-bond donors (Lipinski definition) is 1. The van der Waals surface area contributed by atoms with Gasteiger partial charge in [0, 0.05) is 5.92 Å². The highest BCUT2D eigenvalue weighted by atomic mass is 35.5. The van der Waals surface area contributed by atoms with Gasteiger partial charge in [0.15, 0.2) is 0 Å². The Labute approximate surface area is 147 Å². The van der Waals surface area contributed by atoms with Crippen molar-refractivity contribution in [3.63, 3.8) is 0 Å². The van der Waals surface area contributed by atoms with E-state index in [0.717, 1.165) is 31.4 Å². The van der Waals surface area contributed by atoms with Crippen molar-refractivity contribution < 1.29 is 9.94 Å². The molecule has 0 aliphatic heterocycles. The molecular formula is C18H23Cl2NO2. The van der Waals surface area contributed by atoms with Gasteiger partial charge >= 0.3 is 0 Å². The molecule has 1 N–H and O–H groups in total. The average molecular weight is 356 g/mol. The fourth-order valence-electron chi connectivity index (χ4n) is 4.58. The quantitative estimate of drug-likeness (QED) is 0.616. The molecule has 1 aromatic carbocycles. The average Bonchev–Trinajstić information content (AvgIpc) is 2.83. The highest BCUT2D eigenvalue weighted by molar-refractivity contribution is 6.42. The zero-order valence-corrected chi connectivity index (χ0v) is 15.0. The van der Waals surface area contributed by atoms with Gasteiger partial charge in [-0.2, -0.15) is 0 Å². The van der Waals surface area contributed by atoms with Crippen LogP contribution in [-0.4, -0.2) is 24.0 Å². The van der Waals surface area contributed by atoms with Crippen molar-refractivity contribution in [1.82, 2.24) is 0 Å². The van der Waals surface area contributed by atoms with Gasteiger partial charge in [0.05, 0.1) is 21.9 Å². The lowest BCUT2D eigenvalue weighted by Crippen LogP contribution is -2.36. The van der Waals surface area contributed by atoms with Gasteiger partial charge < -0.3 is 9.94 Å². The van der Waals surface area contributed by atoms with Crippen molar-refractivity contribution in [1.29, 1.82) is 0 Å². The van der Waals surface area contributed by atoms with Crippen molar-refractivity contribution in [3.8, 4) is 0 Å². The Balaban J connectivity index is 2.01. The number of aliphatic hydroxyl groups is 1. The molecule has 3 rings (SSSR count). The van der Waals surface area contributed by atoms with Crippen molar-refractivity contribution >= 4 is 28.9 Å². The van der Waals surface area contributed by atoms with Crippen LogP contribution in [0.1, 0.15) is 44.1 Å². The SMILES string of the molecule is CCC(=NOC)[C@@H]1[C@@H]2CC(CC2O)C[C@H]1c1ccc(Cl)c(Cl)c1. The molecule has 2 aliphatic carbocycles. The minimum Gasteiger partial charge on any atom is -0.399 e. The largest absolute Gasteiger partial charge is 0.399 e. The Morgan fingerprint density at radius 3 is 2.70 bits per heavy atom. The predicted molar refractivity (Wildman–Crippen MR) is 94.3 cm³/mol. The molecule has 0 amide bonds. The molecule has 3 nitrogen and oxygen atoms in total. The smallest absolute Gasteiger partial charge is 0.106 e. The Morgan fingerprint density at radius 2 is 2.04 bits per heavy atom. The summed E-state index contributed by atoms with van der Waals surface area (Å²) in [5.41, 5.74) is 2.22. The molecule has 5 atom stereocenters. The van der Waals surface area contributed by atoms with Gasteiger partial charge in [-0.15, -0.1) is 0 Å². The summed E-state index contributed by atoms with van der Waals surface area (Å²) in [7, 11) is 1.58. The molecule has 126 valence electrons. The first-order chi connectivity index (χ1) is 11.0. The van der Waals surface area contributed by atoms with E-state index in [1.165, 1.54) is 5.56 Å². The third-order valence-corrected chi connectivity index (χ3v) is 6.22. The van der Waals surface area contributed by atoms with Crippen molar-refractivity contribution in [2.45, 2.75) is 44.6 Å². The van der Waals surface area contributed by atoms with Gasteiger partial charge in [0.2, 0.25) is 0 Å². The van der Waals surface area contributed by atoms with Gasteiger partial charge in [-0.25, -0.2) is 0 Å². The first-order valence-corrected chi connectivity index (χ1v) is 9.03. The molecule has 0 heterocycles. The number of halogens is 2. The molecule has 1 aromatic rings. The lowest BCUT2D eigenvalue weighted by atomic mass is 9.67.